The third-order valence-electron chi connectivity index (χ3n) is 1.30. The van der Waals surface area contributed by atoms with Gasteiger partial charge in [-0.2, -0.15) is 10.2 Å². The van der Waals surface area contributed by atoms with Crippen LogP contribution in [0.2, 0.25) is 0 Å². The predicted octanol–water partition coefficient (Wildman–Crippen LogP) is -1.49. The van der Waals surface area contributed by atoms with Gasteiger partial charge in [-0.1, -0.05) is 0 Å². The molecular formula is C7H14N6OS2. The quantitative estimate of drug-likeness (QED) is 0.239. The lowest BCUT2D eigenvalue weighted by Crippen LogP contribution is -2.31. The van der Waals surface area contributed by atoms with Crippen molar-refractivity contribution in [2.75, 3.05) is 20.7 Å². The molecule has 5 N–H and O–H groups in total. The van der Waals surface area contributed by atoms with E-state index in [2.05, 4.69) is 31.7 Å². The molecule has 0 spiro atoms. The molecule has 0 aliphatic rings. The van der Waals surface area contributed by atoms with Gasteiger partial charge in [0, 0.05) is 14.1 Å². The normalized spacial score (nSPS) is 11.1. The molecule has 90 valence electrons. The lowest BCUT2D eigenvalue weighted by Gasteiger charge is -2.02. The summed E-state index contributed by atoms with van der Waals surface area (Å²) < 4.78 is 0. The van der Waals surface area contributed by atoms with Gasteiger partial charge in [-0.05, 0) is 24.4 Å². The minimum atomic E-state index is -0.267. The van der Waals surface area contributed by atoms with E-state index in [1.807, 2.05) is 0 Å². The van der Waals surface area contributed by atoms with Crippen LogP contribution in [-0.4, -0.2) is 48.0 Å². The van der Waals surface area contributed by atoms with Crippen molar-refractivity contribution in [1.82, 2.24) is 21.5 Å². The highest BCUT2D eigenvalue weighted by atomic mass is 32.1. The zero-order valence-corrected chi connectivity index (χ0v) is 10.6. The maximum absolute atomic E-state index is 8.93. The van der Waals surface area contributed by atoms with Crippen molar-refractivity contribution in [3.63, 3.8) is 0 Å². The summed E-state index contributed by atoms with van der Waals surface area (Å²) in [4.78, 5) is 0. The molecule has 0 aliphatic carbocycles. The van der Waals surface area contributed by atoms with Crippen molar-refractivity contribution in [2.24, 2.45) is 10.2 Å². The van der Waals surface area contributed by atoms with Crippen LogP contribution in [-0.2, 0) is 0 Å². The largest absolute Gasteiger partial charge is 0.390 e. The Balaban J connectivity index is 4.18. The monoisotopic (exact) mass is 262 g/mol. The molecule has 0 saturated carbocycles. The fraction of sp³-hybridized carbons (Fsp3) is 0.429. The molecule has 0 saturated heterocycles. The Bertz CT molecular complexity index is 303. The van der Waals surface area contributed by atoms with Gasteiger partial charge in [-0.3, -0.25) is 10.9 Å². The lowest BCUT2D eigenvalue weighted by molar-refractivity contribution is 0.359. The van der Waals surface area contributed by atoms with Gasteiger partial charge in [0.15, 0.2) is 10.2 Å². The van der Waals surface area contributed by atoms with E-state index < -0.39 is 0 Å². The summed E-state index contributed by atoms with van der Waals surface area (Å²) in [6, 6.07) is 0. The molecule has 7 nitrogen and oxygen atoms in total. The summed E-state index contributed by atoms with van der Waals surface area (Å²) in [5, 5.41) is 22.5. The van der Waals surface area contributed by atoms with Gasteiger partial charge in [0.2, 0.25) is 0 Å². The number of hydrogen-bond acceptors (Lipinski definition) is 5. The molecule has 0 amide bonds. The summed E-state index contributed by atoms with van der Waals surface area (Å²) in [6.45, 7) is -0.267. The number of nitrogens with one attached hydrogen (secondary N) is 4. The van der Waals surface area contributed by atoms with E-state index in [0.717, 1.165) is 0 Å². The van der Waals surface area contributed by atoms with Crippen molar-refractivity contribution < 1.29 is 5.11 Å². The highest BCUT2D eigenvalue weighted by Crippen LogP contribution is 1.73. The average molecular weight is 262 g/mol. The van der Waals surface area contributed by atoms with E-state index in [9.17, 15) is 0 Å². The van der Waals surface area contributed by atoms with Crippen LogP contribution in [0.15, 0.2) is 10.2 Å². The second-order valence-corrected chi connectivity index (χ2v) is 3.22. The number of thiocarbonyl (C=S) groups is 2. The molecule has 0 fully saturated rings. The zero-order valence-electron chi connectivity index (χ0n) is 8.94. The highest BCUT2D eigenvalue weighted by molar-refractivity contribution is 7.80. The van der Waals surface area contributed by atoms with Crippen molar-refractivity contribution >= 4 is 46.6 Å². The Labute approximate surface area is 104 Å². The molecule has 0 aromatic rings. The van der Waals surface area contributed by atoms with Gasteiger partial charge < -0.3 is 15.7 Å². The summed E-state index contributed by atoms with van der Waals surface area (Å²) in [6.07, 6.45) is 1.33. The maximum atomic E-state index is 8.93. The summed E-state index contributed by atoms with van der Waals surface area (Å²) in [5.41, 5.74) is 5.35. The number of hydrogen-bond donors (Lipinski definition) is 5. The van der Waals surface area contributed by atoms with Gasteiger partial charge in [-0.15, -0.1) is 0 Å². The fourth-order valence-corrected chi connectivity index (χ4v) is 0.603. The van der Waals surface area contributed by atoms with Crippen LogP contribution in [0.4, 0.5) is 0 Å². The van der Waals surface area contributed by atoms with E-state index in [1.165, 1.54) is 6.21 Å². The molecule has 0 aliphatic heterocycles. The molecule has 0 aromatic carbocycles. The van der Waals surface area contributed by atoms with E-state index >= 15 is 0 Å². The van der Waals surface area contributed by atoms with Crippen molar-refractivity contribution in [3.05, 3.63) is 0 Å². The fourth-order valence-electron chi connectivity index (χ4n) is 0.505. The van der Waals surface area contributed by atoms with Gasteiger partial charge in [0.25, 0.3) is 0 Å². The number of nitrogens with zero attached hydrogens (tertiary/aromatic N) is 2. The Morgan fingerprint density at radius 2 is 1.75 bits per heavy atom. The Morgan fingerprint density at radius 1 is 1.19 bits per heavy atom. The van der Waals surface area contributed by atoms with Crippen molar-refractivity contribution in [2.45, 2.75) is 0 Å². The lowest BCUT2D eigenvalue weighted by atomic mass is 10.4. The third kappa shape index (κ3) is 7.04. The van der Waals surface area contributed by atoms with Gasteiger partial charge in [0.1, 0.15) is 5.71 Å². The minimum absolute atomic E-state index is 0.267. The van der Waals surface area contributed by atoms with Crippen LogP contribution >= 0.6 is 24.4 Å². The molecule has 0 unspecified atom stereocenters. The second-order valence-electron chi connectivity index (χ2n) is 2.40. The van der Waals surface area contributed by atoms with Crippen LogP contribution in [0.1, 0.15) is 0 Å². The first-order valence-corrected chi connectivity index (χ1v) is 5.11. The maximum Gasteiger partial charge on any atom is 0.186 e. The van der Waals surface area contributed by atoms with Gasteiger partial charge >= 0.3 is 0 Å². The van der Waals surface area contributed by atoms with Crippen LogP contribution < -0.4 is 21.5 Å². The Kier molecular flexibility index (Phi) is 8.21. The summed E-state index contributed by atoms with van der Waals surface area (Å²) in [7, 11) is 3.32. The van der Waals surface area contributed by atoms with Crippen LogP contribution in [0.3, 0.4) is 0 Å². The highest BCUT2D eigenvalue weighted by Gasteiger charge is 1.94. The van der Waals surface area contributed by atoms with Crippen LogP contribution in [0.25, 0.3) is 0 Å². The second kappa shape index (κ2) is 8.95. The van der Waals surface area contributed by atoms with E-state index in [1.54, 1.807) is 14.1 Å². The number of aliphatic hydroxyl groups excluding tert-OH is 1. The van der Waals surface area contributed by atoms with E-state index in [4.69, 9.17) is 29.5 Å². The summed E-state index contributed by atoms with van der Waals surface area (Å²) in [5.74, 6) is 0. The first-order valence-electron chi connectivity index (χ1n) is 4.30. The number of rotatable bonds is 4. The molecule has 0 aromatic heterocycles. The minimum Gasteiger partial charge on any atom is -0.390 e. The van der Waals surface area contributed by atoms with Crippen molar-refractivity contribution in [3.8, 4) is 0 Å². The van der Waals surface area contributed by atoms with E-state index in [0.29, 0.717) is 15.9 Å². The third-order valence-corrected chi connectivity index (χ3v) is 1.89. The molecule has 0 rings (SSSR count). The molecular weight excluding hydrogens is 248 g/mol. The van der Waals surface area contributed by atoms with Gasteiger partial charge in [-0.25, -0.2) is 0 Å². The molecule has 0 heterocycles. The molecule has 0 radical (unpaired) electrons. The van der Waals surface area contributed by atoms with Crippen LogP contribution in [0.5, 0.6) is 0 Å². The van der Waals surface area contributed by atoms with E-state index in [-0.39, 0.29) is 6.61 Å². The molecule has 0 atom stereocenters. The van der Waals surface area contributed by atoms with Crippen molar-refractivity contribution in [1.29, 1.82) is 0 Å². The smallest absolute Gasteiger partial charge is 0.186 e. The van der Waals surface area contributed by atoms with Crippen LogP contribution in [0, 0.1) is 0 Å². The first-order chi connectivity index (χ1) is 7.63. The zero-order chi connectivity index (χ0) is 12.4. The standard InChI is InChI=1S/C7H14N6OS2/c1-8-6(15)12-10-3-5(4-14)11-13-7(16)9-2/h3,14H,4H2,1-2H3,(H2,8,12,15)(H2,9,13,16)/b10-3+,11-5?. The average Bonchev–Trinajstić information content (AvgIpc) is 2.32. The predicted molar refractivity (Wildman–Crippen MR) is 72.6 cm³/mol. The first kappa shape index (κ1) is 14.7. The molecule has 9 heteroatoms. The molecule has 0 bridgehead atoms. The summed E-state index contributed by atoms with van der Waals surface area (Å²) >= 11 is 9.58. The topological polar surface area (TPSA) is 93.1 Å². The number of hydrazone groups is 2. The SMILES string of the molecule is CNC(=S)NN=C(/C=N/NC(=S)NC)CO. The number of aliphatic hydroxyl groups is 1. The van der Waals surface area contributed by atoms with Gasteiger partial charge in [0.05, 0.1) is 12.8 Å². The Hall–Kier alpha value is -1.32. The Morgan fingerprint density at radius 3 is 2.25 bits per heavy atom. The molecule has 16 heavy (non-hydrogen) atoms.